The Labute approximate surface area is 193 Å². The number of ketones is 2. The lowest BCUT2D eigenvalue weighted by Crippen LogP contribution is -2.62. The molecule has 0 saturated heterocycles. The number of fused-ring (bicyclic) bond motifs is 5. The van der Waals surface area contributed by atoms with E-state index < -0.39 is 41.4 Å². The molecular weight excluding hydrogens is 428 g/mol. The van der Waals surface area contributed by atoms with Crippen molar-refractivity contribution in [3.05, 3.63) is 11.6 Å². The second-order valence-corrected chi connectivity index (χ2v) is 11.0. The smallest absolute Gasteiger partial charge is 0.306 e. The van der Waals surface area contributed by atoms with E-state index in [9.17, 15) is 29.4 Å². The minimum atomic E-state index is -1.71. The SMILES string of the molecule is C[C@]12CCC(=O)C=C1CC[C@H]1[C@@H]2[C@H](O)C[C@@]2(C)[C@@H]1CC[C@]2(O)C(=O)COC(=O)CCC(=O)O. The molecule has 8 heteroatoms. The number of carbonyl (C=O) groups is 4. The second-order valence-electron chi connectivity index (χ2n) is 11.0. The molecule has 0 aromatic carbocycles. The zero-order valence-corrected chi connectivity index (χ0v) is 19.3. The van der Waals surface area contributed by atoms with Gasteiger partial charge in [0.05, 0.1) is 18.9 Å². The van der Waals surface area contributed by atoms with Gasteiger partial charge >= 0.3 is 11.9 Å². The highest BCUT2D eigenvalue weighted by Crippen LogP contribution is 2.67. The number of carbonyl (C=O) groups excluding carboxylic acids is 3. The van der Waals surface area contributed by atoms with E-state index in [0.717, 1.165) is 24.8 Å². The van der Waals surface area contributed by atoms with Crippen molar-refractivity contribution in [2.75, 3.05) is 6.61 Å². The number of allylic oxidation sites excluding steroid dienone is 1. The van der Waals surface area contributed by atoms with Crippen LogP contribution in [0.4, 0.5) is 0 Å². The number of aliphatic hydroxyl groups is 2. The maximum Gasteiger partial charge on any atom is 0.306 e. The van der Waals surface area contributed by atoms with Crippen molar-refractivity contribution < 1.29 is 39.2 Å². The van der Waals surface area contributed by atoms with Gasteiger partial charge in [-0.15, -0.1) is 0 Å². The van der Waals surface area contributed by atoms with Gasteiger partial charge < -0.3 is 20.1 Å². The molecule has 4 rings (SSSR count). The molecule has 0 spiro atoms. The number of esters is 1. The topological polar surface area (TPSA) is 138 Å². The van der Waals surface area contributed by atoms with Crippen LogP contribution in [0.25, 0.3) is 0 Å². The lowest BCUT2D eigenvalue weighted by Gasteiger charge is -2.60. The number of Topliss-reactive ketones (excluding diaryl/α,β-unsaturated/α-hetero) is 1. The minimum absolute atomic E-state index is 0.0185. The van der Waals surface area contributed by atoms with Crippen molar-refractivity contribution in [3.63, 3.8) is 0 Å². The van der Waals surface area contributed by atoms with Crippen molar-refractivity contribution in [2.45, 2.75) is 83.3 Å². The summed E-state index contributed by atoms with van der Waals surface area (Å²) >= 11 is 0. The summed E-state index contributed by atoms with van der Waals surface area (Å²) in [5.41, 5.74) is -1.68. The first-order valence-corrected chi connectivity index (χ1v) is 12.0. The van der Waals surface area contributed by atoms with Crippen LogP contribution in [0, 0.1) is 28.6 Å². The van der Waals surface area contributed by atoms with Crippen LogP contribution in [-0.2, 0) is 23.9 Å². The van der Waals surface area contributed by atoms with Gasteiger partial charge in [0.15, 0.2) is 12.4 Å². The first kappa shape index (κ1) is 24.1. The molecular formula is C25H34O8. The molecule has 3 saturated carbocycles. The zero-order valence-electron chi connectivity index (χ0n) is 19.3. The van der Waals surface area contributed by atoms with Crippen LogP contribution in [0.15, 0.2) is 11.6 Å². The van der Waals surface area contributed by atoms with Gasteiger partial charge in [-0.2, -0.15) is 0 Å². The van der Waals surface area contributed by atoms with E-state index in [1.165, 1.54) is 0 Å². The Morgan fingerprint density at radius 1 is 1.12 bits per heavy atom. The van der Waals surface area contributed by atoms with Crippen LogP contribution in [0.2, 0.25) is 0 Å². The average molecular weight is 463 g/mol. The van der Waals surface area contributed by atoms with Gasteiger partial charge in [-0.25, -0.2) is 0 Å². The van der Waals surface area contributed by atoms with Crippen LogP contribution in [0.1, 0.15) is 71.6 Å². The number of ether oxygens (including phenoxy) is 1. The Morgan fingerprint density at radius 2 is 1.85 bits per heavy atom. The Bertz CT molecular complexity index is 908. The summed E-state index contributed by atoms with van der Waals surface area (Å²) in [6, 6.07) is 0. The average Bonchev–Trinajstić information content (AvgIpc) is 3.02. The summed E-state index contributed by atoms with van der Waals surface area (Å²) in [6.45, 7) is 3.41. The van der Waals surface area contributed by atoms with Gasteiger partial charge in [-0.05, 0) is 67.8 Å². The summed E-state index contributed by atoms with van der Waals surface area (Å²) < 4.78 is 4.97. The van der Waals surface area contributed by atoms with Crippen molar-refractivity contribution in [1.82, 2.24) is 0 Å². The van der Waals surface area contributed by atoms with E-state index in [0.29, 0.717) is 12.8 Å². The fourth-order valence-corrected chi connectivity index (χ4v) is 7.70. The van der Waals surface area contributed by atoms with Crippen molar-refractivity contribution in [2.24, 2.45) is 28.6 Å². The summed E-state index contributed by atoms with van der Waals surface area (Å²) in [5, 5.41) is 31.6. The van der Waals surface area contributed by atoms with Gasteiger partial charge in [-0.1, -0.05) is 19.4 Å². The molecule has 7 atom stereocenters. The predicted molar refractivity (Wildman–Crippen MR) is 116 cm³/mol. The Hall–Kier alpha value is -2.06. The number of carboxylic acids is 1. The van der Waals surface area contributed by atoms with Gasteiger partial charge in [-0.3, -0.25) is 19.2 Å². The molecule has 0 aromatic rings. The third kappa shape index (κ3) is 3.75. The molecule has 182 valence electrons. The summed E-state index contributed by atoms with van der Waals surface area (Å²) in [6.07, 6.45) is 4.30. The normalized spacial score (nSPS) is 41.9. The van der Waals surface area contributed by atoms with E-state index in [2.05, 4.69) is 6.92 Å². The fraction of sp³-hybridized carbons (Fsp3) is 0.760. The van der Waals surface area contributed by atoms with Gasteiger partial charge in [0, 0.05) is 11.8 Å². The third-order valence-electron chi connectivity index (χ3n) is 9.42. The van der Waals surface area contributed by atoms with Crippen molar-refractivity contribution in [1.29, 1.82) is 0 Å². The molecule has 33 heavy (non-hydrogen) atoms. The molecule has 0 radical (unpaired) electrons. The summed E-state index contributed by atoms with van der Waals surface area (Å²) in [5.74, 6) is -2.20. The Morgan fingerprint density at radius 3 is 2.55 bits per heavy atom. The van der Waals surface area contributed by atoms with E-state index >= 15 is 0 Å². The van der Waals surface area contributed by atoms with Crippen molar-refractivity contribution >= 4 is 23.5 Å². The molecule has 0 aliphatic heterocycles. The number of carboxylic acid groups (broad SMARTS) is 1. The van der Waals surface area contributed by atoms with Crippen LogP contribution in [-0.4, -0.2) is 57.1 Å². The maximum absolute atomic E-state index is 13.1. The Balaban J connectivity index is 1.53. The molecule has 3 fully saturated rings. The highest BCUT2D eigenvalue weighted by atomic mass is 16.5. The lowest BCUT2D eigenvalue weighted by atomic mass is 9.45. The molecule has 0 unspecified atom stereocenters. The van der Waals surface area contributed by atoms with E-state index in [1.54, 1.807) is 6.08 Å². The summed E-state index contributed by atoms with van der Waals surface area (Å²) in [4.78, 5) is 47.5. The maximum atomic E-state index is 13.1. The first-order chi connectivity index (χ1) is 15.4. The predicted octanol–water partition coefficient (Wildman–Crippen LogP) is 2.20. The minimum Gasteiger partial charge on any atom is -0.481 e. The molecule has 3 N–H and O–H groups in total. The van der Waals surface area contributed by atoms with Crippen molar-refractivity contribution in [3.8, 4) is 0 Å². The standard InChI is InChI=1S/C25H34O8/c1-23-9-7-15(26)11-14(23)3-4-16-17-8-10-25(32,24(17,2)12-18(27)22(16)23)19(28)13-33-21(31)6-5-20(29)30/h11,16-18,22,27,32H,3-10,12-13H2,1-2H3,(H,29,30)/t16-,17-,18-,22-,23+,24+,25+/m1/s1. The second kappa shape index (κ2) is 8.31. The fourth-order valence-electron chi connectivity index (χ4n) is 7.70. The molecule has 0 heterocycles. The molecule has 0 bridgehead atoms. The number of hydrogen-bond donors (Lipinski definition) is 3. The molecule has 0 amide bonds. The quantitative estimate of drug-likeness (QED) is 0.511. The van der Waals surface area contributed by atoms with E-state index in [1.807, 2.05) is 6.92 Å². The lowest BCUT2D eigenvalue weighted by molar-refractivity contribution is -0.184. The number of rotatable bonds is 6. The highest BCUT2D eigenvalue weighted by molar-refractivity contribution is 5.92. The third-order valence-corrected chi connectivity index (χ3v) is 9.42. The number of aliphatic carboxylic acids is 1. The molecule has 4 aliphatic carbocycles. The molecule has 4 aliphatic rings. The van der Waals surface area contributed by atoms with E-state index in [4.69, 9.17) is 9.84 Å². The largest absolute Gasteiger partial charge is 0.481 e. The van der Waals surface area contributed by atoms with Crippen LogP contribution in [0.5, 0.6) is 0 Å². The number of aliphatic hydroxyl groups excluding tert-OH is 1. The monoisotopic (exact) mass is 462 g/mol. The highest BCUT2D eigenvalue weighted by Gasteiger charge is 2.68. The van der Waals surface area contributed by atoms with Crippen LogP contribution < -0.4 is 0 Å². The van der Waals surface area contributed by atoms with Gasteiger partial charge in [0.2, 0.25) is 5.78 Å². The summed E-state index contributed by atoms with van der Waals surface area (Å²) in [7, 11) is 0. The van der Waals surface area contributed by atoms with Gasteiger partial charge in [0.1, 0.15) is 5.60 Å². The Kier molecular flexibility index (Phi) is 6.06. The van der Waals surface area contributed by atoms with Crippen LogP contribution >= 0.6 is 0 Å². The van der Waals surface area contributed by atoms with Gasteiger partial charge in [0.25, 0.3) is 0 Å². The first-order valence-electron chi connectivity index (χ1n) is 12.0. The van der Waals surface area contributed by atoms with Crippen LogP contribution in [0.3, 0.4) is 0 Å². The molecule has 8 nitrogen and oxygen atoms in total. The molecule has 0 aromatic heterocycles. The zero-order chi connectivity index (χ0) is 24.2. The number of hydrogen-bond acceptors (Lipinski definition) is 7. The van der Waals surface area contributed by atoms with E-state index in [-0.39, 0.29) is 54.6 Å².